The summed E-state index contributed by atoms with van der Waals surface area (Å²) in [6, 6.07) is 1.53. The molecule has 2 aromatic rings. The first-order valence-electron chi connectivity index (χ1n) is 3.65. The van der Waals surface area contributed by atoms with Crippen molar-refractivity contribution in [3.05, 3.63) is 23.2 Å². The third kappa shape index (κ3) is 1.40. The van der Waals surface area contributed by atoms with E-state index in [2.05, 4.69) is 15.0 Å². The summed E-state index contributed by atoms with van der Waals surface area (Å²) in [7, 11) is 0. The van der Waals surface area contributed by atoms with Crippen LogP contribution in [0.5, 0.6) is 5.88 Å². The number of rotatable bonds is 0. The summed E-state index contributed by atoms with van der Waals surface area (Å²) in [6.45, 7) is 1.70. The Hall–Kier alpha value is -1.42. The van der Waals surface area contributed by atoms with E-state index >= 15 is 0 Å². The highest BCUT2D eigenvalue weighted by molar-refractivity contribution is 6.30. The van der Waals surface area contributed by atoms with Gasteiger partial charge in [-0.05, 0) is 13.0 Å². The summed E-state index contributed by atoms with van der Waals surface area (Å²) in [4.78, 5) is 11.7. The lowest BCUT2D eigenvalue weighted by atomic mass is 10.3. The molecule has 0 saturated carbocycles. The molecule has 4 nitrogen and oxygen atoms in total. The second-order valence-electron chi connectivity index (χ2n) is 2.62. The fourth-order valence-electron chi connectivity index (χ4n) is 1.10. The molecule has 0 saturated heterocycles. The zero-order valence-corrected chi connectivity index (χ0v) is 7.58. The highest BCUT2D eigenvalue weighted by Gasteiger charge is 2.04. The Kier molecular flexibility index (Phi) is 1.77. The van der Waals surface area contributed by atoms with E-state index in [1.807, 2.05) is 0 Å². The Labute approximate surface area is 79.2 Å². The molecule has 0 aliphatic carbocycles. The first kappa shape index (κ1) is 8.19. The van der Waals surface area contributed by atoms with Crippen molar-refractivity contribution in [1.29, 1.82) is 0 Å². The molecule has 0 fully saturated rings. The largest absolute Gasteiger partial charge is 0.493 e. The van der Waals surface area contributed by atoms with Crippen molar-refractivity contribution in [3.8, 4) is 5.88 Å². The summed E-state index contributed by atoms with van der Waals surface area (Å²) in [5, 5.41) is 10.3. The molecule has 0 bridgehead atoms. The Morgan fingerprint density at radius 2 is 2.15 bits per heavy atom. The fraction of sp³-hybridized carbons (Fsp3) is 0.125. The lowest BCUT2D eigenvalue weighted by Crippen LogP contribution is -1.90. The van der Waals surface area contributed by atoms with Gasteiger partial charge in [0, 0.05) is 0 Å². The van der Waals surface area contributed by atoms with Crippen molar-refractivity contribution < 1.29 is 5.11 Å². The third-order valence-corrected chi connectivity index (χ3v) is 1.85. The van der Waals surface area contributed by atoms with Crippen molar-refractivity contribution in [2.45, 2.75) is 6.92 Å². The van der Waals surface area contributed by atoms with Crippen LogP contribution in [0.2, 0.25) is 5.15 Å². The Bertz CT molecular complexity index is 472. The molecule has 1 N–H and O–H groups in total. The maximum absolute atomic E-state index is 9.44. The molecule has 13 heavy (non-hydrogen) atoms. The summed E-state index contributed by atoms with van der Waals surface area (Å²) in [5.74, 6) is 0.445. The molecule has 0 aliphatic heterocycles. The Morgan fingerprint density at radius 1 is 1.38 bits per heavy atom. The molecule has 66 valence electrons. The molecule has 0 aliphatic rings. The molecule has 0 unspecified atom stereocenters. The molecule has 2 aromatic heterocycles. The van der Waals surface area contributed by atoms with Crippen LogP contribution in [0.1, 0.15) is 5.82 Å². The highest BCUT2D eigenvalue weighted by Crippen LogP contribution is 2.22. The molecule has 2 rings (SSSR count). The number of nitrogens with zero attached hydrogens (tertiary/aromatic N) is 3. The molecule has 0 aromatic carbocycles. The second-order valence-corrected chi connectivity index (χ2v) is 3.01. The van der Waals surface area contributed by atoms with E-state index < -0.39 is 0 Å². The summed E-state index contributed by atoms with van der Waals surface area (Å²) < 4.78 is 0. The average molecular weight is 196 g/mol. The predicted octanol–water partition coefficient (Wildman–Crippen LogP) is 1.69. The van der Waals surface area contributed by atoms with Crippen LogP contribution in [0.3, 0.4) is 0 Å². The van der Waals surface area contributed by atoms with E-state index in [0.717, 1.165) is 0 Å². The molecule has 0 atom stereocenters. The normalized spacial score (nSPS) is 10.6. The van der Waals surface area contributed by atoms with Gasteiger partial charge in [-0.25, -0.2) is 9.97 Å². The van der Waals surface area contributed by atoms with Gasteiger partial charge in [0.2, 0.25) is 5.88 Å². The van der Waals surface area contributed by atoms with Crippen LogP contribution in [0, 0.1) is 6.92 Å². The van der Waals surface area contributed by atoms with E-state index in [-0.39, 0.29) is 5.88 Å². The topological polar surface area (TPSA) is 58.9 Å². The number of halogens is 1. The van der Waals surface area contributed by atoms with Crippen molar-refractivity contribution >= 4 is 22.5 Å². The van der Waals surface area contributed by atoms with E-state index in [1.54, 1.807) is 6.92 Å². The van der Waals surface area contributed by atoms with Crippen molar-refractivity contribution in [1.82, 2.24) is 15.0 Å². The quantitative estimate of drug-likeness (QED) is 0.650. The predicted molar refractivity (Wildman–Crippen MR) is 48.7 cm³/mol. The summed E-state index contributed by atoms with van der Waals surface area (Å²) in [6.07, 6.45) is 1.51. The molecule has 0 spiro atoms. The Morgan fingerprint density at radius 3 is 2.92 bits per heavy atom. The number of hydrogen-bond acceptors (Lipinski definition) is 4. The van der Waals surface area contributed by atoms with Crippen LogP contribution < -0.4 is 0 Å². The van der Waals surface area contributed by atoms with Crippen LogP contribution >= 0.6 is 11.6 Å². The first-order valence-corrected chi connectivity index (χ1v) is 4.03. The lowest BCUT2D eigenvalue weighted by Gasteiger charge is -2.00. The van der Waals surface area contributed by atoms with Crippen molar-refractivity contribution in [2.24, 2.45) is 0 Å². The van der Waals surface area contributed by atoms with E-state index in [1.165, 1.54) is 12.3 Å². The first-order chi connectivity index (χ1) is 6.16. The maximum atomic E-state index is 9.44. The minimum atomic E-state index is -0.0631. The SMILES string of the molecule is Cc1nc(O)c2cc(Cl)ncc2n1. The van der Waals surface area contributed by atoms with E-state index in [0.29, 0.717) is 21.9 Å². The standard InChI is InChI=1S/C8H6ClN3O/c1-4-11-6-3-10-7(9)2-5(6)8(13)12-4/h2-3H,1H3,(H,11,12,13). The van der Waals surface area contributed by atoms with Gasteiger partial charge in [-0.3, -0.25) is 0 Å². The zero-order chi connectivity index (χ0) is 9.42. The van der Waals surface area contributed by atoms with Gasteiger partial charge in [-0.1, -0.05) is 11.6 Å². The molecule has 0 radical (unpaired) electrons. The number of aryl methyl sites for hydroxylation is 1. The zero-order valence-electron chi connectivity index (χ0n) is 6.82. The monoisotopic (exact) mass is 195 g/mol. The van der Waals surface area contributed by atoms with E-state index in [9.17, 15) is 5.11 Å². The molecular formula is C8H6ClN3O. The molecule has 5 heteroatoms. The van der Waals surface area contributed by atoms with Crippen molar-refractivity contribution in [2.75, 3.05) is 0 Å². The van der Waals surface area contributed by atoms with Crippen LogP contribution in [-0.4, -0.2) is 20.1 Å². The second kappa shape index (κ2) is 2.81. The number of pyridine rings is 1. The van der Waals surface area contributed by atoms with Gasteiger partial charge in [-0.15, -0.1) is 0 Å². The fourth-order valence-corrected chi connectivity index (χ4v) is 1.26. The minimum absolute atomic E-state index is 0.0631. The van der Waals surface area contributed by atoms with Gasteiger partial charge in [0.15, 0.2) is 0 Å². The number of aromatic nitrogens is 3. The van der Waals surface area contributed by atoms with Crippen LogP contribution in [0.25, 0.3) is 10.9 Å². The van der Waals surface area contributed by atoms with Gasteiger partial charge >= 0.3 is 0 Å². The van der Waals surface area contributed by atoms with E-state index in [4.69, 9.17) is 11.6 Å². The average Bonchev–Trinajstić information content (AvgIpc) is 2.06. The van der Waals surface area contributed by atoms with Gasteiger partial charge in [-0.2, -0.15) is 4.98 Å². The highest BCUT2D eigenvalue weighted by atomic mass is 35.5. The summed E-state index contributed by atoms with van der Waals surface area (Å²) >= 11 is 5.65. The van der Waals surface area contributed by atoms with Gasteiger partial charge in [0.05, 0.1) is 17.1 Å². The Balaban J connectivity index is 2.87. The number of aromatic hydroxyl groups is 1. The van der Waals surface area contributed by atoms with Crippen LogP contribution in [-0.2, 0) is 0 Å². The summed E-state index contributed by atoms with van der Waals surface area (Å²) in [5.41, 5.74) is 0.592. The number of hydrogen-bond donors (Lipinski definition) is 1. The lowest BCUT2D eigenvalue weighted by molar-refractivity contribution is 0.457. The van der Waals surface area contributed by atoms with Gasteiger partial charge in [0.1, 0.15) is 11.0 Å². The van der Waals surface area contributed by atoms with Crippen LogP contribution in [0.15, 0.2) is 12.3 Å². The molecule has 0 amide bonds. The molecular weight excluding hydrogens is 190 g/mol. The third-order valence-electron chi connectivity index (χ3n) is 1.64. The smallest absolute Gasteiger partial charge is 0.222 e. The van der Waals surface area contributed by atoms with Crippen molar-refractivity contribution in [3.63, 3.8) is 0 Å². The van der Waals surface area contributed by atoms with Gasteiger partial charge < -0.3 is 5.11 Å². The van der Waals surface area contributed by atoms with Gasteiger partial charge in [0.25, 0.3) is 0 Å². The minimum Gasteiger partial charge on any atom is -0.493 e. The van der Waals surface area contributed by atoms with Crippen LogP contribution in [0.4, 0.5) is 0 Å². The molecule has 2 heterocycles. The number of fused-ring (bicyclic) bond motifs is 1. The maximum Gasteiger partial charge on any atom is 0.222 e.